The van der Waals surface area contributed by atoms with Gasteiger partial charge in [0.15, 0.2) is 0 Å². The zero-order valence-electron chi connectivity index (χ0n) is 17.5. The molecule has 0 radical (unpaired) electrons. The van der Waals surface area contributed by atoms with Gasteiger partial charge in [-0.15, -0.1) is 0 Å². The maximum absolute atomic E-state index is 11.8. The molecule has 0 aromatic heterocycles. The first-order chi connectivity index (χ1) is 12.5. The molecule has 0 aromatic carbocycles. The van der Waals surface area contributed by atoms with E-state index in [2.05, 4.69) is 6.92 Å². The van der Waals surface area contributed by atoms with Crippen molar-refractivity contribution in [2.75, 3.05) is 19.8 Å². The summed E-state index contributed by atoms with van der Waals surface area (Å²) in [6.07, 6.45) is 11.1. The Morgan fingerprint density at radius 2 is 1.27 bits per heavy atom. The van der Waals surface area contributed by atoms with Crippen LogP contribution in [0.1, 0.15) is 91.9 Å². The van der Waals surface area contributed by atoms with Crippen molar-refractivity contribution in [3.05, 3.63) is 0 Å². The SMILES string of the molecule is CCCCCCCCCCCC(=O)OC(C)COC(C)COC(C)CO. The number of hydrogen-bond acceptors (Lipinski definition) is 5. The van der Waals surface area contributed by atoms with Crippen LogP contribution in [0.25, 0.3) is 0 Å². The molecule has 156 valence electrons. The first kappa shape index (κ1) is 25.4. The van der Waals surface area contributed by atoms with Gasteiger partial charge in [0.05, 0.1) is 32.0 Å². The highest BCUT2D eigenvalue weighted by Crippen LogP contribution is 2.11. The third-order valence-corrected chi connectivity index (χ3v) is 4.31. The lowest BCUT2D eigenvalue weighted by Gasteiger charge is -2.19. The van der Waals surface area contributed by atoms with Gasteiger partial charge in [-0.1, -0.05) is 58.3 Å². The van der Waals surface area contributed by atoms with E-state index in [0.29, 0.717) is 19.6 Å². The molecule has 0 bridgehead atoms. The minimum absolute atomic E-state index is 0.000404. The van der Waals surface area contributed by atoms with Crippen LogP contribution in [-0.2, 0) is 19.0 Å². The summed E-state index contributed by atoms with van der Waals surface area (Å²) in [5.74, 6) is -0.137. The van der Waals surface area contributed by atoms with Gasteiger partial charge in [0, 0.05) is 6.42 Å². The molecule has 0 aliphatic rings. The predicted octanol–water partition coefficient (Wildman–Crippen LogP) is 4.64. The standard InChI is InChI=1S/C21H42O5/c1-5-6-7-8-9-10-11-12-13-14-21(23)26-20(4)17-25-19(3)16-24-18(2)15-22/h18-20,22H,5-17H2,1-4H3. The number of carbonyl (C=O) groups is 1. The number of hydrogen-bond donors (Lipinski definition) is 1. The Morgan fingerprint density at radius 3 is 1.85 bits per heavy atom. The van der Waals surface area contributed by atoms with Crippen molar-refractivity contribution in [2.45, 2.75) is 110 Å². The number of esters is 1. The summed E-state index contributed by atoms with van der Waals surface area (Å²) in [5.41, 5.74) is 0. The third-order valence-electron chi connectivity index (χ3n) is 4.31. The van der Waals surface area contributed by atoms with E-state index in [1.165, 1.54) is 44.9 Å². The van der Waals surface area contributed by atoms with Crippen LogP contribution in [-0.4, -0.2) is 49.2 Å². The molecule has 0 heterocycles. The number of rotatable bonds is 18. The Labute approximate surface area is 160 Å². The molecule has 5 nitrogen and oxygen atoms in total. The smallest absolute Gasteiger partial charge is 0.306 e. The lowest BCUT2D eigenvalue weighted by atomic mass is 10.1. The molecular formula is C21H42O5. The molecule has 3 atom stereocenters. The summed E-state index contributed by atoms with van der Waals surface area (Å²) < 4.78 is 16.4. The maximum atomic E-state index is 11.8. The van der Waals surface area contributed by atoms with E-state index < -0.39 is 0 Å². The minimum atomic E-state index is -0.251. The average Bonchev–Trinajstić information content (AvgIpc) is 2.62. The fourth-order valence-electron chi connectivity index (χ4n) is 2.60. The average molecular weight is 375 g/mol. The van der Waals surface area contributed by atoms with Gasteiger partial charge in [0.25, 0.3) is 0 Å². The highest BCUT2D eigenvalue weighted by atomic mass is 16.6. The molecule has 5 heteroatoms. The highest BCUT2D eigenvalue weighted by Gasteiger charge is 2.12. The van der Waals surface area contributed by atoms with E-state index >= 15 is 0 Å². The van der Waals surface area contributed by atoms with Crippen molar-refractivity contribution in [2.24, 2.45) is 0 Å². The second-order valence-corrected chi connectivity index (χ2v) is 7.35. The summed E-state index contributed by atoms with van der Waals surface area (Å²) in [5, 5.41) is 8.90. The van der Waals surface area contributed by atoms with E-state index in [0.717, 1.165) is 12.8 Å². The van der Waals surface area contributed by atoms with Crippen LogP contribution in [0.5, 0.6) is 0 Å². The first-order valence-corrected chi connectivity index (χ1v) is 10.5. The predicted molar refractivity (Wildman–Crippen MR) is 105 cm³/mol. The van der Waals surface area contributed by atoms with Crippen LogP contribution in [0.15, 0.2) is 0 Å². The second kappa shape index (κ2) is 17.7. The largest absolute Gasteiger partial charge is 0.460 e. The van der Waals surface area contributed by atoms with Crippen LogP contribution in [0, 0.1) is 0 Å². The Balaban J connectivity index is 3.52. The zero-order chi connectivity index (χ0) is 19.6. The number of carbonyl (C=O) groups excluding carboxylic acids is 1. The Hall–Kier alpha value is -0.650. The molecule has 1 N–H and O–H groups in total. The van der Waals surface area contributed by atoms with Gasteiger partial charge in [0.1, 0.15) is 6.10 Å². The minimum Gasteiger partial charge on any atom is -0.460 e. The topological polar surface area (TPSA) is 65.0 Å². The van der Waals surface area contributed by atoms with Gasteiger partial charge in [-0.25, -0.2) is 0 Å². The van der Waals surface area contributed by atoms with Crippen molar-refractivity contribution in [3.8, 4) is 0 Å². The molecule has 0 spiro atoms. The molecule has 0 aromatic rings. The monoisotopic (exact) mass is 374 g/mol. The summed E-state index contributed by atoms with van der Waals surface area (Å²) in [4.78, 5) is 11.8. The van der Waals surface area contributed by atoms with Crippen LogP contribution < -0.4 is 0 Å². The summed E-state index contributed by atoms with van der Waals surface area (Å²) in [6, 6.07) is 0. The first-order valence-electron chi connectivity index (χ1n) is 10.5. The number of aliphatic hydroxyl groups excluding tert-OH is 1. The summed E-state index contributed by atoms with van der Waals surface area (Å²) in [6.45, 7) is 8.57. The molecule has 0 amide bonds. The second-order valence-electron chi connectivity index (χ2n) is 7.35. The van der Waals surface area contributed by atoms with Crippen LogP contribution >= 0.6 is 0 Å². The fraction of sp³-hybridized carbons (Fsp3) is 0.952. The molecule has 3 unspecified atom stereocenters. The number of unbranched alkanes of at least 4 members (excludes halogenated alkanes) is 8. The van der Waals surface area contributed by atoms with Gasteiger partial charge < -0.3 is 19.3 Å². The number of ether oxygens (including phenoxy) is 3. The van der Waals surface area contributed by atoms with Gasteiger partial charge in [-0.2, -0.15) is 0 Å². The molecule has 0 fully saturated rings. The van der Waals surface area contributed by atoms with E-state index in [-0.39, 0.29) is 30.9 Å². The molecule has 0 aliphatic heterocycles. The summed E-state index contributed by atoms with van der Waals surface area (Å²) in [7, 11) is 0. The van der Waals surface area contributed by atoms with E-state index in [4.69, 9.17) is 19.3 Å². The molecule has 26 heavy (non-hydrogen) atoms. The van der Waals surface area contributed by atoms with E-state index in [1.54, 1.807) is 0 Å². The molecule has 0 rings (SSSR count). The molecule has 0 aliphatic carbocycles. The van der Waals surface area contributed by atoms with Crippen LogP contribution in [0.2, 0.25) is 0 Å². The highest BCUT2D eigenvalue weighted by molar-refractivity contribution is 5.69. The van der Waals surface area contributed by atoms with Crippen molar-refractivity contribution in [1.29, 1.82) is 0 Å². The maximum Gasteiger partial charge on any atom is 0.306 e. The van der Waals surface area contributed by atoms with Gasteiger partial charge in [-0.05, 0) is 27.2 Å². The zero-order valence-corrected chi connectivity index (χ0v) is 17.5. The van der Waals surface area contributed by atoms with Crippen LogP contribution in [0.3, 0.4) is 0 Å². The van der Waals surface area contributed by atoms with E-state index in [9.17, 15) is 4.79 Å². The van der Waals surface area contributed by atoms with Gasteiger partial charge in [0.2, 0.25) is 0 Å². The van der Waals surface area contributed by atoms with Crippen molar-refractivity contribution in [3.63, 3.8) is 0 Å². The van der Waals surface area contributed by atoms with Gasteiger partial charge >= 0.3 is 5.97 Å². The normalized spacial score (nSPS) is 14.8. The quantitative estimate of drug-likeness (QED) is 0.280. The lowest BCUT2D eigenvalue weighted by molar-refractivity contribution is -0.153. The Morgan fingerprint density at radius 1 is 0.769 bits per heavy atom. The van der Waals surface area contributed by atoms with Crippen molar-refractivity contribution < 1.29 is 24.1 Å². The Kier molecular flexibility index (Phi) is 17.3. The van der Waals surface area contributed by atoms with Crippen molar-refractivity contribution >= 4 is 5.97 Å². The van der Waals surface area contributed by atoms with E-state index in [1.807, 2.05) is 20.8 Å². The molecule has 0 saturated heterocycles. The molecular weight excluding hydrogens is 332 g/mol. The summed E-state index contributed by atoms with van der Waals surface area (Å²) >= 11 is 0. The lowest BCUT2D eigenvalue weighted by Crippen LogP contribution is -2.27. The van der Waals surface area contributed by atoms with Crippen molar-refractivity contribution in [1.82, 2.24) is 0 Å². The molecule has 0 saturated carbocycles. The van der Waals surface area contributed by atoms with Gasteiger partial charge in [-0.3, -0.25) is 4.79 Å². The third kappa shape index (κ3) is 16.8. The Bertz CT molecular complexity index is 322. The number of aliphatic hydroxyl groups is 1. The fourth-order valence-corrected chi connectivity index (χ4v) is 2.60. The van der Waals surface area contributed by atoms with Crippen LogP contribution in [0.4, 0.5) is 0 Å².